The van der Waals surface area contributed by atoms with E-state index >= 15 is 0 Å². The Kier molecular flexibility index (Phi) is 5.93. The molecule has 1 aliphatic heterocycles. The van der Waals surface area contributed by atoms with Crippen LogP contribution >= 0.6 is 0 Å². The Labute approximate surface area is 112 Å². The minimum atomic E-state index is 0.556. The van der Waals surface area contributed by atoms with Crippen molar-refractivity contribution in [2.75, 3.05) is 26.9 Å². The van der Waals surface area contributed by atoms with Crippen LogP contribution in [0.2, 0.25) is 0 Å². The van der Waals surface area contributed by atoms with Gasteiger partial charge in [0.15, 0.2) is 0 Å². The molecule has 1 saturated heterocycles. The topological polar surface area (TPSA) is 30.5 Å². The molecule has 0 aromatic carbocycles. The molecule has 0 aromatic heterocycles. The smallest absolute Gasteiger partial charge is 0.0580 e. The van der Waals surface area contributed by atoms with Gasteiger partial charge in [-0.05, 0) is 64.3 Å². The number of rotatable bonds is 7. The molecule has 0 amide bonds. The van der Waals surface area contributed by atoms with E-state index in [1.54, 1.807) is 0 Å². The summed E-state index contributed by atoms with van der Waals surface area (Å²) in [6.07, 6.45) is 8.28. The summed E-state index contributed by atoms with van der Waals surface area (Å²) >= 11 is 0. The van der Waals surface area contributed by atoms with Gasteiger partial charge in [-0.15, -0.1) is 0 Å². The standard InChI is InChI=1S/C15H29NO2/c1-3-18-15-10-13(11-15)9-14(16-2)8-12-4-6-17-7-5-12/h12-16H,3-11H2,1-2H3. The molecule has 0 spiro atoms. The van der Waals surface area contributed by atoms with E-state index < -0.39 is 0 Å². The molecule has 0 aromatic rings. The van der Waals surface area contributed by atoms with E-state index in [0.717, 1.165) is 31.7 Å². The van der Waals surface area contributed by atoms with Crippen molar-refractivity contribution >= 4 is 0 Å². The first-order valence-corrected chi connectivity index (χ1v) is 7.68. The van der Waals surface area contributed by atoms with E-state index in [1.165, 1.54) is 38.5 Å². The molecular formula is C15H29NO2. The van der Waals surface area contributed by atoms with E-state index in [-0.39, 0.29) is 0 Å². The summed E-state index contributed by atoms with van der Waals surface area (Å²) in [5.41, 5.74) is 0. The highest BCUT2D eigenvalue weighted by Gasteiger charge is 2.31. The van der Waals surface area contributed by atoms with Crippen molar-refractivity contribution < 1.29 is 9.47 Å². The van der Waals surface area contributed by atoms with Gasteiger partial charge in [-0.1, -0.05) is 0 Å². The number of ether oxygens (including phenoxy) is 2. The first-order chi connectivity index (χ1) is 8.81. The van der Waals surface area contributed by atoms with Crippen LogP contribution < -0.4 is 5.32 Å². The van der Waals surface area contributed by atoms with Gasteiger partial charge in [0.1, 0.15) is 0 Å². The Hall–Kier alpha value is -0.120. The number of nitrogens with one attached hydrogen (secondary N) is 1. The van der Waals surface area contributed by atoms with Gasteiger partial charge in [-0.25, -0.2) is 0 Å². The summed E-state index contributed by atoms with van der Waals surface area (Å²) in [5, 5.41) is 3.51. The zero-order chi connectivity index (χ0) is 12.8. The van der Waals surface area contributed by atoms with Gasteiger partial charge in [0.25, 0.3) is 0 Å². The van der Waals surface area contributed by atoms with E-state index in [1.807, 2.05) is 0 Å². The van der Waals surface area contributed by atoms with E-state index in [9.17, 15) is 0 Å². The first kappa shape index (κ1) is 14.3. The third-order valence-corrected chi connectivity index (χ3v) is 4.58. The zero-order valence-electron chi connectivity index (χ0n) is 12.0. The van der Waals surface area contributed by atoms with Crippen LogP contribution in [0.15, 0.2) is 0 Å². The fourth-order valence-corrected chi connectivity index (χ4v) is 3.36. The molecule has 1 unspecified atom stereocenters. The third kappa shape index (κ3) is 4.22. The van der Waals surface area contributed by atoms with Crippen molar-refractivity contribution in [1.82, 2.24) is 5.32 Å². The Balaban J connectivity index is 1.63. The van der Waals surface area contributed by atoms with Crippen LogP contribution in [0.5, 0.6) is 0 Å². The average Bonchev–Trinajstić information content (AvgIpc) is 2.36. The summed E-state index contributed by atoms with van der Waals surface area (Å²) in [7, 11) is 2.11. The summed E-state index contributed by atoms with van der Waals surface area (Å²) in [6, 6.07) is 0.695. The Morgan fingerprint density at radius 1 is 1.17 bits per heavy atom. The van der Waals surface area contributed by atoms with Crippen molar-refractivity contribution in [2.24, 2.45) is 11.8 Å². The number of hydrogen-bond acceptors (Lipinski definition) is 3. The molecule has 0 radical (unpaired) electrons. The van der Waals surface area contributed by atoms with Crippen molar-refractivity contribution in [3.05, 3.63) is 0 Å². The maximum atomic E-state index is 5.64. The second kappa shape index (κ2) is 7.46. The van der Waals surface area contributed by atoms with Crippen LogP contribution in [0, 0.1) is 11.8 Å². The lowest BCUT2D eigenvalue weighted by atomic mass is 9.76. The lowest BCUT2D eigenvalue weighted by Gasteiger charge is -2.38. The Morgan fingerprint density at radius 2 is 1.83 bits per heavy atom. The molecule has 18 heavy (non-hydrogen) atoms. The molecule has 1 saturated carbocycles. The van der Waals surface area contributed by atoms with Crippen LogP contribution in [0.4, 0.5) is 0 Å². The minimum Gasteiger partial charge on any atom is -0.381 e. The quantitative estimate of drug-likeness (QED) is 0.758. The Morgan fingerprint density at radius 3 is 2.44 bits per heavy atom. The largest absolute Gasteiger partial charge is 0.381 e. The van der Waals surface area contributed by atoms with Crippen molar-refractivity contribution in [3.8, 4) is 0 Å². The fraction of sp³-hybridized carbons (Fsp3) is 1.00. The van der Waals surface area contributed by atoms with Crippen LogP contribution in [-0.2, 0) is 9.47 Å². The fourth-order valence-electron chi connectivity index (χ4n) is 3.36. The van der Waals surface area contributed by atoms with Crippen LogP contribution in [0.3, 0.4) is 0 Å². The molecule has 2 aliphatic rings. The monoisotopic (exact) mass is 255 g/mol. The van der Waals surface area contributed by atoms with E-state index in [2.05, 4.69) is 19.3 Å². The Bertz CT molecular complexity index is 223. The van der Waals surface area contributed by atoms with E-state index in [0.29, 0.717) is 12.1 Å². The molecule has 1 atom stereocenters. The van der Waals surface area contributed by atoms with Gasteiger partial charge in [-0.2, -0.15) is 0 Å². The number of hydrogen-bond donors (Lipinski definition) is 1. The highest BCUT2D eigenvalue weighted by Crippen LogP contribution is 2.35. The van der Waals surface area contributed by atoms with E-state index in [4.69, 9.17) is 9.47 Å². The second-order valence-electron chi connectivity index (χ2n) is 5.93. The lowest BCUT2D eigenvalue weighted by molar-refractivity contribution is -0.0300. The van der Waals surface area contributed by atoms with Gasteiger partial charge in [-0.3, -0.25) is 0 Å². The lowest BCUT2D eigenvalue weighted by Crippen LogP contribution is -2.38. The van der Waals surface area contributed by atoms with Gasteiger partial charge in [0, 0.05) is 25.9 Å². The van der Waals surface area contributed by atoms with Crippen LogP contribution in [0.25, 0.3) is 0 Å². The molecule has 1 N–H and O–H groups in total. The van der Waals surface area contributed by atoms with Gasteiger partial charge in [0.05, 0.1) is 6.10 Å². The molecule has 2 fully saturated rings. The summed E-state index contributed by atoms with van der Waals surface area (Å²) in [4.78, 5) is 0. The average molecular weight is 255 g/mol. The minimum absolute atomic E-state index is 0.556. The molecule has 1 aliphatic carbocycles. The maximum Gasteiger partial charge on any atom is 0.0580 e. The summed E-state index contributed by atoms with van der Waals surface area (Å²) in [6.45, 7) is 4.90. The van der Waals surface area contributed by atoms with Crippen molar-refractivity contribution in [2.45, 2.75) is 57.6 Å². The predicted octanol–water partition coefficient (Wildman–Crippen LogP) is 2.60. The van der Waals surface area contributed by atoms with Gasteiger partial charge >= 0.3 is 0 Å². The molecule has 106 valence electrons. The van der Waals surface area contributed by atoms with Crippen molar-refractivity contribution in [1.29, 1.82) is 0 Å². The zero-order valence-corrected chi connectivity index (χ0v) is 12.0. The molecule has 2 rings (SSSR count). The highest BCUT2D eigenvalue weighted by molar-refractivity contribution is 4.85. The molecular weight excluding hydrogens is 226 g/mol. The van der Waals surface area contributed by atoms with Gasteiger partial charge in [0.2, 0.25) is 0 Å². The maximum absolute atomic E-state index is 5.64. The third-order valence-electron chi connectivity index (χ3n) is 4.58. The highest BCUT2D eigenvalue weighted by atomic mass is 16.5. The second-order valence-corrected chi connectivity index (χ2v) is 5.93. The molecule has 3 nitrogen and oxygen atoms in total. The molecule has 3 heteroatoms. The van der Waals surface area contributed by atoms with Crippen LogP contribution in [0.1, 0.15) is 45.4 Å². The van der Waals surface area contributed by atoms with Crippen molar-refractivity contribution in [3.63, 3.8) is 0 Å². The van der Waals surface area contributed by atoms with Crippen LogP contribution in [-0.4, -0.2) is 39.0 Å². The predicted molar refractivity (Wildman–Crippen MR) is 73.8 cm³/mol. The first-order valence-electron chi connectivity index (χ1n) is 7.68. The summed E-state index contributed by atoms with van der Waals surface area (Å²) in [5.74, 6) is 1.76. The normalized spacial score (nSPS) is 31.0. The SMILES string of the molecule is CCOC1CC(CC(CC2CCOCC2)NC)C1. The summed E-state index contributed by atoms with van der Waals surface area (Å²) < 4.78 is 11.1. The molecule has 0 bridgehead atoms. The van der Waals surface area contributed by atoms with Gasteiger partial charge < -0.3 is 14.8 Å². The molecule has 1 heterocycles.